The normalized spacial score (nSPS) is 11.0. The van der Waals surface area contributed by atoms with Crippen LogP contribution in [0.5, 0.6) is 5.75 Å². The second-order valence-corrected chi connectivity index (χ2v) is 5.10. The summed E-state index contributed by atoms with van der Waals surface area (Å²) < 4.78 is 6.97. The Balaban J connectivity index is 2.14. The highest BCUT2D eigenvalue weighted by molar-refractivity contribution is 5.80. The van der Waals surface area contributed by atoms with Crippen molar-refractivity contribution in [3.8, 4) is 5.75 Å². The van der Waals surface area contributed by atoms with Gasteiger partial charge in [0.05, 0.1) is 31.4 Å². The first kappa shape index (κ1) is 14.3. The zero-order chi connectivity index (χ0) is 15.7. The van der Waals surface area contributed by atoms with Gasteiger partial charge in [0.15, 0.2) is 0 Å². The minimum atomic E-state index is -0.0637. The largest absolute Gasteiger partial charge is 0.497 e. The van der Waals surface area contributed by atoms with Crippen LogP contribution in [0.3, 0.4) is 0 Å². The second-order valence-electron chi connectivity index (χ2n) is 5.10. The molecule has 2 aromatic heterocycles. The number of aryl methyl sites for hydroxylation is 2. The van der Waals surface area contributed by atoms with Gasteiger partial charge in [-0.3, -0.25) is 4.79 Å². The van der Waals surface area contributed by atoms with E-state index in [1.807, 2.05) is 38.1 Å². The summed E-state index contributed by atoms with van der Waals surface area (Å²) >= 11 is 0. The molecule has 0 N–H and O–H groups in total. The molecule has 2 heterocycles. The van der Waals surface area contributed by atoms with Crippen LogP contribution in [0, 0.1) is 6.92 Å². The summed E-state index contributed by atoms with van der Waals surface area (Å²) in [5.74, 6) is 0.723. The summed E-state index contributed by atoms with van der Waals surface area (Å²) in [7, 11) is 1.61. The number of rotatable bonds is 4. The molecule has 6 heteroatoms. The van der Waals surface area contributed by atoms with E-state index in [9.17, 15) is 4.79 Å². The third-order valence-electron chi connectivity index (χ3n) is 3.71. The molecule has 22 heavy (non-hydrogen) atoms. The summed E-state index contributed by atoms with van der Waals surface area (Å²) in [4.78, 5) is 13.9. The molecular weight excluding hydrogens is 280 g/mol. The van der Waals surface area contributed by atoms with Gasteiger partial charge in [0, 0.05) is 12.1 Å². The lowest BCUT2D eigenvalue weighted by molar-refractivity contribution is 0.415. The number of aromatic nitrogens is 4. The number of benzene rings is 1. The van der Waals surface area contributed by atoms with E-state index in [-0.39, 0.29) is 5.56 Å². The van der Waals surface area contributed by atoms with Crippen LogP contribution in [-0.4, -0.2) is 26.7 Å². The first-order chi connectivity index (χ1) is 10.6. The quantitative estimate of drug-likeness (QED) is 0.739. The van der Waals surface area contributed by atoms with E-state index in [0.717, 1.165) is 28.0 Å². The van der Waals surface area contributed by atoms with Gasteiger partial charge in [0.1, 0.15) is 11.4 Å². The Labute approximate surface area is 127 Å². The Kier molecular flexibility index (Phi) is 3.66. The fraction of sp³-hybridized carbons (Fsp3) is 0.312. The lowest BCUT2D eigenvalue weighted by Gasteiger charge is -2.10. The smallest absolute Gasteiger partial charge is 0.251 e. The highest BCUT2D eigenvalue weighted by atomic mass is 16.5. The van der Waals surface area contributed by atoms with E-state index >= 15 is 0 Å². The van der Waals surface area contributed by atoms with Crippen molar-refractivity contribution in [1.82, 2.24) is 19.6 Å². The van der Waals surface area contributed by atoms with Crippen molar-refractivity contribution in [2.75, 3.05) is 7.11 Å². The number of ether oxygens (including phenoxy) is 1. The standard InChI is InChI=1S/C16H18N4O2/c1-4-20-17-11(2)14(18-20)10-19-15-9-13(22-3)7-5-12(15)6-8-16(19)21/h5-9H,4,10H2,1-3H3. The molecule has 0 fully saturated rings. The highest BCUT2D eigenvalue weighted by Gasteiger charge is 2.11. The molecule has 114 valence electrons. The molecule has 0 atom stereocenters. The molecule has 1 aromatic carbocycles. The van der Waals surface area contributed by atoms with Gasteiger partial charge in [-0.15, -0.1) is 0 Å². The molecular formula is C16H18N4O2. The van der Waals surface area contributed by atoms with Crippen LogP contribution in [-0.2, 0) is 13.1 Å². The Bertz CT molecular complexity index is 879. The maximum absolute atomic E-state index is 12.3. The van der Waals surface area contributed by atoms with Gasteiger partial charge in [-0.25, -0.2) is 0 Å². The molecule has 0 amide bonds. The Hall–Kier alpha value is -2.63. The predicted molar refractivity (Wildman–Crippen MR) is 84.3 cm³/mol. The molecule has 0 saturated heterocycles. The lowest BCUT2D eigenvalue weighted by Crippen LogP contribution is -2.20. The van der Waals surface area contributed by atoms with Gasteiger partial charge in [-0.2, -0.15) is 15.0 Å². The summed E-state index contributed by atoms with van der Waals surface area (Å²) in [6, 6.07) is 9.10. The molecule has 0 spiro atoms. The predicted octanol–water partition coefficient (Wildman–Crippen LogP) is 1.98. The second kappa shape index (κ2) is 5.63. The van der Waals surface area contributed by atoms with Crippen molar-refractivity contribution in [3.63, 3.8) is 0 Å². The fourth-order valence-corrected chi connectivity index (χ4v) is 2.46. The van der Waals surface area contributed by atoms with Crippen molar-refractivity contribution in [3.05, 3.63) is 52.1 Å². The number of hydrogen-bond donors (Lipinski definition) is 0. The van der Waals surface area contributed by atoms with E-state index < -0.39 is 0 Å². The van der Waals surface area contributed by atoms with Gasteiger partial charge in [0.2, 0.25) is 0 Å². The number of nitrogens with zero attached hydrogens (tertiary/aromatic N) is 4. The summed E-state index contributed by atoms with van der Waals surface area (Å²) in [6.07, 6.45) is 0. The van der Waals surface area contributed by atoms with E-state index in [0.29, 0.717) is 13.1 Å². The third kappa shape index (κ3) is 2.47. The van der Waals surface area contributed by atoms with Crippen LogP contribution in [0.4, 0.5) is 0 Å². The van der Waals surface area contributed by atoms with Crippen molar-refractivity contribution in [2.45, 2.75) is 26.9 Å². The molecule has 0 radical (unpaired) electrons. The summed E-state index contributed by atoms with van der Waals surface area (Å²) in [5.41, 5.74) is 2.41. The molecule has 6 nitrogen and oxygen atoms in total. The first-order valence-electron chi connectivity index (χ1n) is 7.20. The van der Waals surface area contributed by atoms with E-state index in [1.165, 1.54) is 0 Å². The number of fused-ring (bicyclic) bond motifs is 1. The van der Waals surface area contributed by atoms with E-state index in [1.54, 1.807) is 22.5 Å². The van der Waals surface area contributed by atoms with Crippen LogP contribution in [0.1, 0.15) is 18.3 Å². The Morgan fingerprint density at radius 3 is 2.64 bits per heavy atom. The zero-order valence-corrected chi connectivity index (χ0v) is 12.9. The maximum Gasteiger partial charge on any atom is 0.251 e. The van der Waals surface area contributed by atoms with Crippen LogP contribution in [0.25, 0.3) is 10.9 Å². The zero-order valence-electron chi connectivity index (χ0n) is 12.9. The van der Waals surface area contributed by atoms with Gasteiger partial charge < -0.3 is 9.30 Å². The molecule has 0 aliphatic heterocycles. The fourth-order valence-electron chi connectivity index (χ4n) is 2.46. The molecule has 3 aromatic rings. The molecule has 0 saturated carbocycles. The van der Waals surface area contributed by atoms with Gasteiger partial charge >= 0.3 is 0 Å². The molecule has 3 rings (SSSR count). The van der Waals surface area contributed by atoms with Crippen molar-refractivity contribution in [2.24, 2.45) is 0 Å². The average molecular weight is 298 g/mol. The highest BCUT2D eigenvalue weighted by Crippen LogP contribution is 2.20. The van der Waals surface area contributed by atoms with Crippen molar-refractivity contribution >= 4 is 10.9 Å². The summed E-state index contributed by atoms with van der Waals surface area (Å²) in [5, 5.41) is 9.75. The number of pyridine rings is 1. The van der Waals surface area contributed by atoms with Crippen LogP contribution in [0.2, 0.25) is 0 Å². The molecule has 0 aliphatic carbocycles. The summed E-state index contributed by atoms with van der Waals surface area (Å²) in [6.45, 7) is 5.00. The van der Waals surface area contributed by atoms with Gasteiger partial charge in [0.25, 0.3) is 5.56 Å². The van der Waals surface area contributed by atoms with E-state index in [4.69, 9.17) is 4.74 Å². The SMILES string of the molecule is CCn1nc(C)c(Cn2c(=O)ccc3ccc(OC)cc32)n1. The lowest BCUT2D eigenvalue weighted by atomic mass is 10.2. The monoisotopic (exact) mass is 298 g/mol. The van der Waals surface area contributed by atoms with Gasteiger partial charge in [-0.1, -0.05) is 0 Å². The van der Waals surface area contributed by atoms with Crippen LogP contribution >= 0.6 is 0 Å². The average Bonchev–Trinajstić information content (AvgIpc) is 2.90. The molecule has 0 aliphatic rings. The minimum Gasteiger partial charge on any atom is -0.497 e. The van der Waals surface area contributed by atoms with Crippen molar-refractivity contribution < 1.29 is 4.74 Å². The third-order valence-corrected chi connectivity index (χ3v) is 3.71. The Morgan fingerprint density at radius 2 is 1.95 bits per heavy atom. The van der Waals surface area contributed by atoms with E-state index in [2.05, 4.69) is 10.2 Å². The van der Waals surface area contributed by atoms with Crippen LogP contribution in [0.15, 0.2) is 35.1 Å². The molecule has 0 bridgehead atoms. The first-order valence-corrected chi connectivity index (χ1v) is 7.20. The number of hydrogen-bond acceptors (Lipinski definition) is 4. The van der Waals surface area contributed by atoms with Crippen molar-refractivity contribution in [1.29, 1.82) is 0 Å². The number of methoxy groups -OCH3 is 1. The molecule has 0 unspecified atom stereocenters. The minimum absolute atomic E-state index is 0.0637. The van der Waals surface area contributed by atoms with Crippen LogP contribution < -0.4 is 10.3 Å². The maximum atomic E-state index is 12.3. The topological polar surface area (TPSA) is 61.9 Å². The Morgan fingerprint density at radius 1 is 1.18 bits per heavy atom. The van der Waals surface area contributed by atoms with Gasteiger partial charge in [-0.05, 0) is 37.4 Å².